The zero-order chi connectivity index (χ0) is 18.9. The number of hydrogen-bond acceptors (Lipinski definition) is 4. The van der Waals surface area contributed by atoms with Gasteiger partial charge in [-0.1, -0.05) is 12.5 Å². The summed E-state index contributed by atoms with van der Waals surface area (Å²) < 4.78 is 38.1. The van der Waals surface area contributed by atoms with Crippen LogP contribution in [-0.2, 0) is 14.6 Å². The molecule has 1 aromatic carbocycles. The molecule has 2 saturated heterocycles. The number of fused-ring (bicyclic) bond motifs is 1. The number of urea groups is 1. The quantitative estimate of drug-likeness (QED) is 0.511. The Morgan fingerprint density at radius 2 is 2.08 bits per heavy atom. The molecule has 26 heavy (non-hydrogen) atoms. The van der Waals surface area contributed by atoms with Gasteiger partial charge in [0, 0.05) is 6.42 Å². The lowest BCUT2D eigenvalue weighted by Gasteiger charge is -2.16. The Kier molecular flexibility index (Phi) is 5.17. The first-order valence-electron chi connectivity index (χ1n) is 8.61. The third kappa shape index (κ3) is 3.98. The molecule has 3 atom stereocenters. The second-order valence-electron chi connectivity index (χ2n) is 6.90. The van der Waals surface area contributed by atoms with Crippen molar-refractivity contribution in [1.29, 1.82) is 0 Å². The van der Waals surface area contributed by atoms with E-state index in [9.17, 15) is 22.4 Å². The van der Waals surface area contributed by atoms with Gasteiger partial charge >= 0.3 is 6.03 Å². The Hall–Kier alpha value is -2.16. The summed E-state index contributed by atoms with van der Waals surface area (Å²) in [4.78, 5) is 23.3. The number of aryl methyl sites for hydroxylation is 1. The highest BCUT2D eigenvalue weighted by molar-refractivity contribution is 7.92. The monoisotopic (exact) mass is 383 g/mol. The SMILES string of the molecule is Cc1ccc(NC(=O)CCCC[C@@H]2[C@H]3NC(=O)N[C@@H]3CS2(=O)=O)c(F)c1. The molecule has 3 amide bonds. The number of halogens is 1. The number of anilines is 1. The van der Waals surface area contributed by atoms with Crippen LogP contribution >= 0.6 is 0 Å². The molecule has 7 nitrogen and oxygen atoms in total. The third-order valence-corrected chi connectivity index (χ3v) is 7.14. The first kappa shape index (κ1) is 18.6. The molecule has 0 radical (unpaired) electrons. The number of carbonyl (C=O) groups excluding carboxylic acids is 2. The maximum Gasteiger partial charge on any atom is 0.315 e. The molecule has 2 fully saturated rings. The molecule has 3 N–H and O–H groups in total. The standard InChI is InChI=1S/C17H22FN3O4S/c1-10-6-7-12(11(18)8-10)19-15(22)5-3-2-4-14-16-13(9-26(14,24)25)20-17(23)21-16/h6-8,13-14,16H,2-5,9H2,1H3,(H,19,22)(H2,20,21,23)/t13-,14-,16+/m1/s1. The van der Waals surface area contributed by atoms with E-state index in [0.29, 0.717) is 19.3 Å². The molecule has 142 valence electrons. The topological polar surface area (TPSA) is 104 Å². The maximum absolute atomic E-state index is 13.7. The first-order chi connectivity index (χ1) is 12.3. The average molecular weight is 383 g/mol. The lowest BCUT2D eigenvalue weighted by atomic mass is 10.0. The van der Waals surface area contributed by atoms with E-state index in [1.807, 2.05) is 0 Å². The normalized spacial score (nSPS) is 26.1. The predicted octanol–water partition coefficient (Wildman–Crippen LogP) is 1.48. The summed E-state index contributed by atoms with van der Waals surface area (Å²) in [6.07, 6.45) is 1.59. The predicted molar refractivity (Wildman–Crippen MR) is 95.1 cm³/mol. The first-order valence-corrected chi connectivity index (χ1v) is 10.3. The van der Waals surface area contributed by atoms with Crippen LogP contribution in [0.5, 0.6) is 0 Å². The summed E-state index contributed by atoms with van der Waals surface area (Å²) in [6, 6.07) is 3.47. The van der Waals surface area contributed by atoms with Crippen LogP contribution in [0.15, 0.2) is 18.2 Å². The fraction of sp³-hybridized carbons (Fsp3) is 0.529. The van der Waals surface area contributed by atoms with E-state index in [-0.39, 0.29) is 35.8 Å². The highest BCUT2D eigenvalue weighted by atomic mass is 32.2. The second kappa shape index (κ2) is 7.22. The van der Waals surface area contributed by atoms with Crippen LogP contribution in [0.1, 0.15) is 31.2 Å². The number of amides is 3. The van der Waals surface area contributed by atoms with Crippen LogP contribution in [0, 0.1) is 12.7 Å². The van der Waals surface area contributed by atoms with Gasteiger partial charge in [0.2, 0.25) is 5.91 Å². The van der Waals surface area contributed by atoms with Crippen molar-refractivity contribution in [2.24, 2.45) is 0 Å². The van der Waals surface area contributed by atoms with Crippen molar-refractivity contribution in [1.82, 2.24) is 10.6 Å². The van der Waals surface area contributed by atoms with Crippen LogP contribution in [0.2, 0.25) is 0 Å². The van der Waals surface area contributed by atoms with Crippen LogP contribution in [0.4, 0.5) is 14.9 Å². The van der Waals surface area contributed by atoms with Crippen molar-refractivity contribution < 1.29 is 22.4 Å². The van der Waals surface area contributed by atoms with Gasteiger partial charge in [0.1, 0.15) is 5.82 Å². The van der Waals surface area contributed by atoms with Crippen molar-refractivity contribution in [2.75, 3.05) is 11.1 Å². The molecule has 0 aromatic heterocycles. The minimum Gasteiger partial charge on any atom is -0.332 e. The van der Waals surface area contributed by atoms with Gasteiger partial charge in [-0.2, -0.15) is 0 Å². The lowest BCUT2D eigenvalue weighted by Crippen LogP contribution is -2.39. The summed E-state index contributed by atoms with van der Waals surface area (Å²) in [5, 5.41) is 7.19. The fourth-order valence-electron chi connectivity index (χ4n) is 3.57. The molecule has 9 heteroatoms. The van der Waals surface area contributed by atoms with Gasteiger partial charge in [-0.05, 0) is 37.5 Å². The zero-order valence-electron chi connectivity index (χ0n) is 14.4. The summed E-state index contributed by atoms with van der Waals surface area (Å²) in [5.74, 6) is -0.837. The Bertz CT molecular complexity index is 827. The number of benzene rings is 1. The number of unbranched alkanes of at least 4 members (excludes halogenated alkanes) is 1. The van der Waals surface area contributed by atoms with Crippen molar-refractivity contribution in [3.05, 3.63) is 29.6 Å². The highest BCUT2D eigenvalue weighted by Crippen LogP contribution is 2.28. The van der Waals surface area contributed by atoms with E-state index in [0.717, 1.165) is 5.56 Å². The summed E-state index contributed by atoms with van der Waals surface area (Å²) in [5.41, 5.74) is 0.909. The lowest BCUT2D eigenvalue weighted by molar-refractivity contribution is -0.116. The largest absolute Gasteiger partial charge is 0.332 e. The summed E-state index contributed by atoms with van der Waals surface area (Å²) in [7, 11) is -3.26. The van der Waals surface area contributed by atoms with Gasteiger partial charge in [-0.25, -0.2) is 17.6 Å². The van der Waals surface area contributed by atoms with Crippen molar-refractivity contribution in [3.8, 4) is 0 Å². The minimum atomic E-state index is -3.26. The highest BCUT2D eigenvalue weighted by Gasteiger charge is 2.51. The van der Waals surface area contributed by atoms with E-state index >= 15 is 0 Å². The van der Waals surface area contributed by atoms with Crippen LogP contribution in [-0.4, -0.2) is 43.4 Å². The van der Waals surface area contributed by atoms with E-state index in [2.05, 4.69) is 16.0 Å². The van der Waals surface area contributed by atoms with E-state index in [4.69, 9.17) is 0 Å². The number of nitrogens with one attached hydrogen (secondary N) is 3. The number of carbonyl (C=O) groups is 2. The number of sulfone groups is 1. The smallest absolute Gasteiger partial charge is 0.315 e. The molecule has 2 aliphatic heterocycles. The van der Waals surface area contributed by atoms with E-state index in [1.165, 1.54) is 12.1 Å². The minimum absolute atomic E-state index is 0.0474. The molecule has 0 bridgehead atoms. The second-order valence-corrected chi connectivity index (χ2v) is 9.16. The molecule has 2 aliphatic rings. The molecule has 0 unspecified atom stereocenters. The molecule has 0 spiro atoms. The van der Waals surface area contributed by atoms with Crippen LogP contribution < -0.4 is 16.0 Å². The van der Waals surface area contributed by atoms with Gasteiger partial charge in [-0.15, -0.1) is 0 Å². The van der Waals surface area contributed by atoms with Crippen molar-refractivity contribution in [2.45, 2.75) is 49.9 Å². The van der Waals surface area contributed by atoms with Crippen molar-refractivity contribution in [3.63, 3.8) is 0 Å². The zero-order valence-corrected chi connectivity index (χ0v) is 15.2. The molecule has 3 rings (SSSR count). The van der Waals surface area contributed by atoms with Crippen LogP contribution in [0.3, 0.4) is 0 Å². The Morgan fingerprint density at radius 3 is 2.81 bits per heavy atom. The molecule has 2 heterocycles. The van der Waals surface area contributed by atoms with Gasteiger partial charge < -0.3 is 16.0 Å². The Morgan fingerprint density at radius 1 is 1.31 bits per heavy atom. The molecule has 0 aliphatic carbocycles. The van der Waals surface area contributed by atoms with Crippen LogP contribution in [0.25, 0.3) is 0 Å². The molecular formula is C17H22FN3O4S. The Balaban J connectivity index is 1.46. The maximum atomic E-state index is 13.7. The van der Waals surface area contributed by atoms with Gasteiger partial charge in [0.05, 0.1) is 28.8 Å². The van der Waals surface area contributed by atoms with E-state index in [1.54, 1.807) is 13.0 Å². The summed E-state index contributed by atoms with van der Waals surface area (Å²) >= 11 is 0. The molecule has 0 saturated carbocycles. The third-order valence-electron chi connectivity index (χ3n) is 4.86. The van der Waals surface area contributed by atoms with Crippen molar-refractivity contribution >= 4 is 27.5 Å². The number of rotatable bonds is 6. The molecular weight excluding hydrogens is 361 g/mol. The molecule has 1 aromatic rings. The fourth-order valence-corrected chi connectivity index (χ4v) is 5.84. The Labute approximate surface area is 151 Å². The number of hydrogen-bond donors (Lipinski definition) is 3. The van der Waals surface area contributed by atoms with Gasteiger partial charge in [0.25, 0.3) is 0 Å². The summed E-state index contributed by atoms with van der Waals surface area (Å²) in [6.45, 7) is 1.76. The van der Waals surface area contributed by atoms with Gasteiger partial charge in [-0.3, -0.25) is 4.79 Å². The average Bonchev–Trinajstić information content (AvgIpc) is 2.99. The van der Waals surface area contributed by atoms with Gasteiger partial charge in [0.15, 0.2) is 9.84 Å². The van der Waals surface area contributed by atoms with E-state index < -0.39 is 26.9 Å².